The van der Waals surface area contributed by atoms with Crippen LogP contribution < -0.4 is 20.5 Å². The first-order chi connectivity index (χ1) is 8.11. The Labute approximate surface area is 98.3 Å². The number of carbonyl (C=O) groups excluding carboxylic acids is 1. The average Bonchev–Trinajstić information content (AvgIpc) is 2.74. The van der Waals surface area contributed by atoms with Gasteiger partial charge in [-0.1, -0.05) is 0 Å². The average molecular weight is 238 g/mol. The summed E-state index contributed by atoms with van der Waals surface area (Å²) in [4.78, 5) is 11.8. The second-order valence-electron chi connectivity index (χ2n) is 3.85. The molecule has 1 aromatic carbocycles. The molecule has 0 bridgehead atoms. The molecule has 1 aromatic rings. The number of ether oxygens (including phenoxy) is 2. The van der Waals surface area contributed by atoms with Gasteiger partial charge in [0, 0.05) is 17.8 Å². The van der Waals surface area contributed by atoms with Crippen LogP contribution in [0.2, 0.25) is 0 Å². The van der Waals surface area contributed by atoms with Crippen LogP contribution in [0.15, 0.2) is 12.1 Å². The Bertz CT molecular complexity index is 447. The van der Waals surface area contributed by atoms with Crippen LogP contribution in [-0.4, -0.2) is 30.5 Å². The maximum absolute atomic E-state index is 11.8. The molecule has 0 aliphatic carbocycles. The van der Waals surface area contributed by atoms with Gasteiger partial charge in [0.05, 0.1) is 12.2 Å². The van der Waals surface area contributed by atoms with E-state index in [1.54, 1.807) is 13.0 Å². The Morgan fingerprint density at radius 3 is 2.82 bits per heavy atom. The highest BCUT2D eigenvalue weighted by molar-refractivity contribution is 6.00. The molecule has 1 atom stereocenters. The Balaban J connectivity index is 2.23. The second-order valence-corrected chi connectivity index (χ2v) is 3.85. The zero-order valence-electron chi connectivity index (χ0n) is 9.40. The highest BCUT2D eigenvalue weighted by Gasteiger charge is 2.20. The van der Waals surface area contributed by atoms with Crippen molar-refractivity contribution in [2.75, 3.05) is 19.1 Å². The maximum atomic E-state index is 11.8. The molecule has 6 nitrogen and oxygen atoms in total. The van der Waals surface area contributed by atoms with Crippen molar-refractivity contribution in [1.82, 2.24) is 5.32 Å². The number of anilines is 1. The molecule has 0 unspecified atom stereocenters. The van der Waals surface area contributed by atoms with Crippen LogP contribution in [0, 0.1) is 0 Å². The van der Waals surface area contributed by atoms with Gasteiger partial charge in [-0.25, -0.2) is 0 Å². The minimum absolute atomic E-state index is 0.129. The highest BCUT2D eigenvalue weighted by Crippen LogP contribution is 2.35. The first-order valence-corrected chi connectivity index (χ1v) is 5.22. The van der Waals surface area contributed by atoms with Gasteiger partial charge in [-0.15, -0.1) is 0 Å². The highest BCUT2D eigenvalue weighted by atomic mass is 16.7. The van der Waals surface area contributed by atoms with E-state index in [-0.39, 0.29) is 25.3 Å². The number of carbonyl (C=O) groups is 1. The molecule has 4 N–H and O–H groups in total. The molecule has 1 amide bonds. The lowest BCUT2D eigenvalue weighted by atomic mass is 10.1. The summed E-state index contributed by atoms with van der Waals surface area (Å²) < 4.78 is 10.3. The first-order valence-electron chi connectivity index (χ1n) is 5.22. The fraction of sp³-hybridized carbons (Fsp3) is 0.364. The summed E-state index contributed by atoms with van der Waals surface area (Å²) in [5.74, 6) is 0.692. The molecule has 92 valence electrons. The molecule has 0 saturated carbocycles. The van der Waals surface area contributed by atoms with E-state index in [1.807, 2.05) is 0 Å². The predicted octanol–water partition coefficient (Wildman–Crippen LogP) is 0.108. The first kappa shape index (κ1) is 11.5. The standard InChI is InChI=1S/C11H14N2O4/c1-6(4-14)13-11(15)7-2-9-10(3-8(7)12)17-5-16-9/h2-3,6,14H,4-5,12H2,1H3,(H,13,15)/t6-/m1/s1. The summed E-state index contributed by atoms with van der Waals surface area (Å²) >= 11 is 0. The van der Waals surface area contributed by atoms with Gasteiger partial charge in [0.1, 0.15) is 0 Å². The number of nitrogen functional groups attached to an aromatic ring is 1. The van der Waals surface area contributed by atoms with Crippen molar-refractivity contribution in [3.63, 3.8) is 0 Å². The largest absolute Gasteiger partial charge is 0.454 e. The molecule has 17 heavy (non-hydrogen) atoms. The number of nitrogens with one attached hydrogen (secondary N) is 1. The van der Waals surface area contributed by atoms with E-state index in [0.717, 1.165) is 0 Å². The molecule has 1 heterocycles. The molecular formula is C11H14N2O4. The van der Waals surface area contributed by atoms with E-state index in [2.05, 4.69) is 5.32 Å². The number of aliphatic hydroxyl groups is 1. The van der Waals surface area contributed by atoms with Crippen LogP contribution in [-0.2, 0) is 0 Å². The van der Waals surface area contributed by atoms with Gasteiger partial charge in [0.25, 0.3) is 5.91 Å². The Morgan fingerprint density at radius 2 is 2.18 bits per heavy atom. The summed E-state index contributed by atoms with van der Waals surface area (Å²) in [6.45, 7) is 1.70. The Kier molecular flexibility index (Phi) is 3.06. The van der Waals surface area contributed by atoms with Crippen molar-refractivity contribution in [1.29, 1.82) is 0 Å². The molecule has 0 fully saturated rings. The molecule has 0 aromatic heterocycles. The van der Waals surface area contributed by atoms with Crippen molar-refractivity contribution >= 4 is 11.6 Å². The zero-order valence-corrected chi connectivity index (χ0v) is 9.40. The number of amides is 1. The predicted molar refractivity (Wildman–Crippen MR) is 61.0 cm³/mol. The second kappa shape index (κ2) is 4.50. The normalized spacial score (nSPS) is 14.5. The number of rotatable bonds is 3. The third kappa shape index (κ3) is 2.26. The van der Waals surface area contributed by atoms with Crippen LogP contribution in [0.5, 0.6) is 11.5 Å². The van der Waals surface area contributed by atoms with Gasteiger partial charge >= 0.3 is 0 Å². The van der Waals surface area contributed by atoms with Crippen molar-refractivity contribution in [3.8, 4) is 11.5 Å². The molecule has 0 radical (unpaired) electrons. The van der Waals surface area contributed by atoms with Gasteiger partial charge < -0.3 is 25.6 Å². The number of hydrogen-bond acceptors (Lipinski definition) is 5. The molecule has 1 aliphatic rings. The van der Waals surface area contributed by atoms with Crippen molar-refractivity contribution in [2.24, 2.45) is 0 Å². The number of nitrogens with two attached hydrogens (primary N) is 1. The lowest BCUT2D eigenvalue weighted by Crippen LogP contribution is -2.35. The minimum Gasteiger partial charge on any atom is -0.454 e. The summed E-state index contributed by atoms with van der Waals surface area (Å²) in [6.07, 6.45) is 0. The molecule has 0 spiro atoms. The topological polar surface area (TPSA) is 93.8 Å². The van der Waals surface area contributed by atoms with Crippen molar-refractivity contribution in [3.05, 3.63) is 17.7 Å². The third-order valence-corrected chi connectivity index (χ3v) is 2.44. The van der Waals surface area contributed by atoms with Crippen LogP contribution in [0.25, 0.3) is 0 Å². The van der Waals surface area contributed by atoms with E-state index in [0.29, 0.717) is 22.7 Å². The molecule has 2 rings (SSSR count). The number of hydrogen-bond donors (Lipinski definition) is 3. The lowest BCUT2D eigenvalue weighted by molar-refractivity contribution is 0.0923. The molecular weight excluding hydrogens is 224 g/mol. The van der Waals surface area contributed by atoms with Gasteiger partial charge in [-0.05, 0) is 13.0 Å². The van der Waals surface area contributed by atoms with E-state index in [1.165, 1.54) is 6.07 Å². The van der Waals surface area contributed by atoms with Crippen LogP contribution in [0.3, 0.4) is 0 Å². The monoisotopic (exact) mass is 238 g/mol. The van der Waals surface area contributed by atoms with E-state index < -0.39 is 0 Å². The van der Waals surface area contributed by atoms with Crippen LogP contribution in [0.4, 0.5) is 5.69 Å². The summed E-state index contributed by atoms with van der Waals surface area (Å²) in [7, 11) is 0. The number of aliphatic hydroxyl groups excluding tert-OH is 1. The van der Waals surface area contributed by atoms with Gasteiger partial charge in [-0.3, -0.25) is 4.79 Å². The van der Waals surface area contributed by atoms with Gasteiger partial charge in [0.2, 0.25) is 6.79 Å². The Hall–Kier alpha value is -1.95. The van der Waals surface area contributed by atoms with Crippen LogP contribution >= 0.6 is 0 Å². The van der Waals surface area contributed by atoms with Crippen LogP contribution in [0.1, 0.15) is 17.3 Å². The summed E-state index contributed by atoms with van der Waals surface area (Å²) in [6, 6.07) is 2.77. The quantitative estimate of drug-likeness (QED) is 0.650. The molecule has 6 heteroatoms. The van der Waals surface area contributed by atoms with Crippen molar-refractivity contribution in [2.45, 2.75) is 13.0 Å². The summed E-state index contributed by atoms with van der Waals surface area (Å²) in [5, 5.41) is 11.5. The number of benzene rings is 1. The zero-order chi connectivity index (χ0) is 12.4. The van der Waals surface area contributed by atoms with E-state index >= 15 is 0 Å². The fourth-order valence-corrected chi connectivity index (χ4v) is 1.50. The molecule has 0 saturated heterocycles. The van der Waals surface area contributed by atoms with Gasteiger partial charge in [0.15, 0.2) is 11.5 Å². The van der Waals surface area contributed by atoms with Gasteiger partial charge in [-0.2, -0.15) is 0 Å². The van der Waals surface area contributed by atoms with Crippen molar-refractivity contribution < 1.29 is 19.4 Å². The minimum atomic E-state index is -0.345. The number of fused-ring (bicyclic) bond motifs is 1. The lowest BCUT2D eigenvalue weighted by Gasteiger charge is -2.12. The SMILES string of the molecule is C[C@H](CO)NC(=O)c1cc2c(cc1N)OCO2. The van der Waals surface area contributed by atoms with E-state index in [9.17, 15) is 4.79 Å². The maximum Gasteiger partial charge on any atom is 0.253 e. The third-order valence-electron chi connectivity index (χ3n) is 2.44. The fourth-order valence-electron chi connectivity index (χ4n) is 1.50. The van der Waals surface area contributed by atoms with E-state index in [4.69, 9.17) is 20.3 Å². The molecule has 1 aliphatic heterocycles. The Morgan fingerprint density at radius 1 is 1.53 bits per heavy atom. The summed E-state index contributed by atoms with van der Waals surface area (Å²) in [5.41, 5.74) is 6.38. The smallest absolute Gasteiger partial charge is 0.253 e.